The maximum Gasteiger partial charge on any atom is -0.0279 e. The normalized spacial score (nSPS) is 10.3. The fourth-order valence-corrected chi connectivity index (χ4v) is 1.89. The molecule has 87 valence electrons. The van der Waals surface area contributed by atoms with Crippen molar-refractivity contribution in [3.63, 3.8) is 0 Å². The fourth-order valence-electron chi connectivity index (χ4n) is 1.89. The molecule has 0 N–H and O–H groups in total. The SMILES string of the molecule is [CH]=CCCCCCCc1ccc(CC)cc1. The molecule has 0 saturated carbocycles. The Labute approximate surface area is 100 Å². The van der Waals surface area contributed by atoms with Gasteiger partial charge in [0.2, 0.25) is 0 Å². The van der Waals surface area contributed by atoms with Crippen molar-refractivity contribution in [3.8, 4) is 0 Å². The van der Waals surface area contributed by atoms with E-state index in [1.807, 2.05) is 0 Å². The Hall–Kier alpha value is -1.04. The molecule has 0 heterocycles. The van der Waals surface area contributed by atoms with Crippen LogP contribution < -0.4 is 0 Å². The van der Waals surface area contributed by atoms with Gasteiger partial charge >= 0.3 is 0 Å². The van der Waals surface area contributed by atoms with Crippen LogP contribution in [0, 0.1) is 6.58 Å². The van der Waals surface area contributed by atoms with Crippen LogP contribution >= 0.6 is 0 Å². The minimum atomic E-state index is 1.06. The number of hydrogen-bond donors (Lipinski definition) is 0. The lowest BCUT2D eigenvalue weighted by atomic mass is 10.0. The summed E-state index contributed by atoms with van der Waals surface area (Å²) in [7, 11) is 0. The summed E-state index contributed by atoms with van der Waals surface area (Å²) in [6, 6.07) is 9.04. The molecule has 0 aliphatic rings. The van der Waals surface area contributed by atoms with Crippen molar-refractivity contribution < 1.29 is 0 Å². The van der Waals surface area contributed by atoms with Crippen LogP contribution in [0.1, 0.15) is 50.2 Å². The molecule has 0 fully saturated rings. The third-order valence-electron chi connectivity index (χ3n) is 3.02. The van der Waals surface area contributed by atoms with Gasteiger partial charge in [0, 0.05) is 0 Å². The standard InChI is InChI=1S/C16H23/c1-3-5-6-7-8-9-10-16-13-11-15(4-2)12-14-16/h1,3,11-14H,4-10H2,2H3. The van der Waals surface area contributed by atoms with Gasteiger partial charge in [0.1, 0.15) is 0 Å². The van der Waals surface area contributed by atoms with Crippen LogP contribution in [0.3, 0.4) is 0 Å². The van der Waals surface area contributed by atoms with Crippen molar-refractivity contribution in [3.05, 3.63) is 48.0 Å². The molecular weight excluding hydrogens is 192 g/mol. The summed E-state index contributed by atoms with van der Waals surface area (Å²) >= 11 is 0. The summed E-state index contributed by atoms with van der Waals surface area (Å²) < 4.78 is 0. The molecule has 0 aliphatic heterocycles. The average Bonchev–Trinajstić information content (AvgIpc) is 2.34. The van der Waals surface area contributed by atoms with Crippen molar-refractivity contribution in [2.24, 2.45) is 0 Å². The number of unbranched alkanes of at least 4 members (excludes halogenated alkanes) is 4. The Balaban J connectivity index is 2.14. The van der Waals surface area contributed by atoms with E-state index in [1.54, 1.807) is 6.08 Å². The van der Waals surface area contributed by atoms with Crippen molar-refractivity contribution >= 4 is 0 Å². The van der Waals surface area contributed by atoms with Crippen LogP contribution in [0.2, 0.25) is 0 Å². The Bertz CT molecular complexity index is 281. The molecule has 1 radical (unpaired) electrons. The second-order valence-corrected chi connectivity index (χ2v) is 4.36. The molecule has 0 atom stereocenters. The molecule has 0 bridgehead atoms. The summed E-state index contributed by atoms with van der Waals surface area (Å²) in [6.07, 6.45) is 10.4. The number of rotatable bonds is 8. The van der Waals surface area contributed by atoms with E-state index >= 15 is 0 Å². The second-order valence-electron chi connectivity index (χ2n) is 4.36. The van der Waals surface area contributed by atoms with Gasteiger partial charge < -0.3 is 0 Å². The van der Waals surface area contributed by atoms with E-state index in [-0.39, 0.29) is 0 Å². The molecule has 1 rings (SSSR count). The van der Waals surface area contributed by atoms with E-state index in [9.17, 15) is 0 Å². The highest BCUT2D eigenvalue weighted by atomic mass is 14.0. The van der Waals surface area contributed by atoms with Gasteiger partial charge in [-0.1, -0.05) is 56.7 Å². The second kappa shape index (κ2) is 8.15. The summed E-state index contributed by atoms with van der Waals surface area (Å²) in [5.74, 6) is 0. The predicted molar refractivity (Wildman–Crippen MR) is 71.5 cm³/mol. The summed E-state index contributed by atoms with van der Waals surface area (Å²) in [6.45, 7) is 7.53. The van der Waals surface area contributed by atoms with Gasteiger partial charge in [0.25, 0.3) is 0 Å². The first-order valence-electron chi connectivity index (χ1n) is 6.48. The molecule has 0 aromatic heterocycles. The first-order valence-corrected chi connectivity index (χ1v) is 6.48. The molecule has 0 nitrogen and oxygen atoms in total. The average molecular weight is 215 g/mol. The summed E-state index contributed by atoms with van der Waals surface area (Å²) in [5.41, 5.74) is 2.91. The fraction of sp³-hybridized carbons (Fsp3) is 0.500. The number of hydrogen-bond acceptors (Lipinski definition) is 0. The van der Waals surface area contributed by atoms with E-state index in [4.69, 9.17) is 6.58 Å². The Morgan fingerprint density at radius 1 is 0.938 bits per heavy atom. The lowest BCUT2D eigenvalue weighted by Crippen LogP contribution is -1.87. The van der Waals surface area contributed by atoms with Gasteiger partial charge in [-0.2, -0.15) is 0 Å². The third kappa shape index (κ3) is 5.16. The number of allylic oxidation sites excluding steroid dienone is 1. The van der Waals surface area contributed by atoms with Crippen LogP contribution in [0.5, 0.6) is 0 Å². The zero-order valence-electron chi connectivity index (χ0n) is 10.4. The van der Waals surface area contributed by atoms with Gasteiger partial charge in [-0.05, 0) is 43.2 Å². The van der Waals surface area contributed by atoms with Crippen LogP contribution in [-0.2, 0) is 12.8 Å². The quantitative estimate of drug-likeness (QED) is 0.550. The van der Waals surface area contributed by atoms with E-state index in [0.717, 1.165) is 12.8 Å². The van der Waals surface area contributed by atoms with Gasteiger partial charge in [0.05, 0.1) is 0 Å². The molecule has 0 amide bonds. The highest BCUT2D eigenvalue weighted by molar-refractivity contribution is 5.22. The van der Waals surface area contributed by atoms with Crippen molar-refractivity contribution in [1.82, 2.24) is 0 Å². The first-order chi connectivity index (χ1) is 7.86. The third-order valence-corrected chi connectivity index (χ3v) is 3.02. The monoisotopic (exact) mass is 215 g/mol. The van der Waals surface area contributed by atoms with Crippen molar-refractivity contribution in [2.45, 2.75) is 51.9 Å². The van der Waals surface area contributed by atoms with Gasteiger partial charge in [-0.25, -0.2) is 0 Å². The highest BCUT2D eigenvalue weighted by Crippen LogP contribution is 2.10. The lowest BCUT2D eigenvalue weighted by molar-refractivity contribution is 0.646. The van der Waals surface area contributed by atoms with Gasteiger partial charge in [0.15, 0.2) is 0 Å². The van der Waals surface area contributed by atoms with Crippen molar-refractivity contribution in [1.29, 1.82) is 0 Å². The maximum absolute atomic E-state index is 5.34. The van der Waals surface area contributed by atoms with Crippen LogP contribution in [0.15, 0.2) is 30.3 Å². The van der Waals surface area contributed by atoms with Crippen LogP contribution in [-0.4, -0.2) is 0 Å². The Kier molecular flexibility index (Phi) is 6.64. The summed E-state index contributed by atoms with van der Waals surface area (Å²) in [5, 5.41) is 0. The maximum atomic E-state index is 5.34. The molecule has 0 spiro atoms. The van der Waals surface area contributed by atoms with E-state index in [0.29, 0.717) is 0 Å². The molecular formula is C16H23. The molecule has 1 aromatic carbocycles. The Morgan fingerprint density at radius 2 is 1.56 bits per heavy atom. The lowest BCUT2D eigenvalue weighted by Gasteiger charge is -2.03. The van der Waals surface area contributed by atoms with E-state index < -0.39 is 0 Å². The van der Waals surface area contributed by atoms with Crippen LogP contribution in [0.4, 0.5) is 0 Å². The van der Waals surface area contributed by atoms with Gasteiger partial charge in [-0.15, -0.1) is 0 Å². The zero-order chi connectivity index (χ0) is 11.6. The minimum absolute atomic E-state index is 1.06. The van der Waals surface area contributed by atoms with Crippen LogP contribution in [0.25, 0.3) is 0 Å². The largest absolute Gasteiger partial charge is 0.0845 e. The van der Waals surface area contributed by atoms with E-state index in [2.05, 4.69) is 31.2 Å². The molecule has 0 unspecified atom stereocenters. The summed E-state index contributed by atoms with van der Waals surface area (Å²) in [4.78, 5) is 0. The number of aryl methyl sites for hydroxylation is 2. The molecule has 1 aromatic rings. The molecule has 0 saturated heterocycles. The first kappa shape index (κ1) is 13.0. The smallest absolute Gasteiger partial charge is 0.0279 e. The zero-order valence-corrected chi connectivity index (χ0v) is 10.4. The topological polar surface area (TPSA) is 0 Å². The molecule has 0 heteroatoms. The highest BCUT2D eigenvalue weighted by Gasteiger charge is 1.94. The minimum Gasteiger partial charge on any atom is -0.0845 e. The predicted octanol–water partition coefficient (Wildman–Crippen LogP) is 4.73. The molecule has 0 aliphatic carbocycles. The number of benzene rings is 1. The Morgan fingerprint density at radius 3 is 2.19 bits per heavy atom. The molecule has 16 heavy (non-hydrogen) atoms. The van der Waals surface area contributed by atoms with E-state index in [1.165, 1.54) is 43.2 Å². The van der Waals surface area contributed by atoms with Gasteiger partial charge in [-0.3, -0.25) is 0 Å². The van der Waals surface area contributed by atoms with Crippen molar-refractivity contribution in [2.75, 3.05) is 0 Å².